The summed E-state index contributed by atoms with van der Waals surface area (Å²) in [5.41, 5.74) is 0.943. The quantitative estimate of drug-likeness (QED) is 0.882. The van der Waals surface area contributed by atoms with E-state index in [1.54, 1.807) is 18.9 Å². The van der Waals surface area contributed by atoms with Gasteiger partial charge in [0.1, 0.15) is 5.75 Å². The van der Waals surface area contributed by atoms with Crippen molar-refractivity contribution in [3.8, 4) is 5.75 Å². The van der Waals surface area contributed by atoms with Gasteiger partial charge in [-0.25, -0.2) is 0 Å². The number of methoxy groups -OCH3 is 1. The third kappa shape index (κ3) is 2.83. The van der Waals surface area contributed by atoms with E-state index >= 15 is 0 Å². The monoisotopic (exact) mass is 256 g/mol. The summed E-state index contributed by atoms with van der Waals surface area (Å²) in [6.07, 6.45) is 1.15. The Morgan fingerprint density at radius 1 is 1.50 bits per heavy atom. The first kappa shape index (κ1) is 11.6. The number of benzene rings is 1. The van der Waals surface area contributed by atoms with Gasteiger partial charge in [-0.15, -0.1) is 0 Å². The topological polar surface area (TPSA) is 33.6 Å². The minimum Gasteiger partial charge on any atom is -0.495 e. The number of hydrogen-bond donors (Lipinski definition) is 1. The fourth-order valence-corrected chi connectivity index (χ4v) is 2.50. The Morgan fingerprint density at radius 3 is 3.00 bits per heavy atom. The molecule has 1 aromatic rings. The minimum atomic E-state index is 0.605. The van der Waals surface area contributed by atoms with E-state index in [0.717, 1.165) is 29.6 Å². The fourth-order valence-electron chi connectivity index (χ4n) is 1.40. The van der Waals surface area contributed by atoms with Crippen LogP contribution in [0.4, 0.5) is 5.69 Å². The Balaban J connectivity index is 2.09. The van der Waals surface area contributed by atoms with E-state index in [1.165, 1.54) is 0 Å². The van der Waals surface area contributed by atoms with Gasteiger partial charge < -0.3 is 10.1 Å². The second-order valence-electron chi connectivity index (χ2n) is 3.36. The van der Waals surface area contributed by atoms with Crippen molar-refractivity contribution in [3.63, 3.8) is 0 Å². The van der Waals surface area contributed by atoms with E-state index in [1.807, 2.05) is 18.2 Å². The number of thioether (sulfide) groups is 1. The lowest BCUT2D eigenvalue weighted by Crippen LogP contribution is -2.13. The molecule has 16 heavy (non-hydrogen) atoms. The summed E-state index contributed by atoms with van der Waals surface area (Å²) in [4.78, 5) is 4.39. The van der Waals surface area contributed by atoms with E-state index in [9.17, 15) is 0 Å². The molecule has 1 heterocycles. The van der Waals surface area contributed by atoms with Crippen LogP contribution in [0.5, 0.6) is 5.75 Å². The third-order valence-corrected chi connectivity index (χ3v) is 3.49. The molecule has 0 saturated heterocycles. The molecule has 0 amide bonds. The van der Waals surface area contributed by atoms with Gasteiger partial charge in [0.15, 0.2) is 5.17 Å². The summed E-state index contributed by atoms with van der Waals surface area (Å²) in [7, 11) is 1.61. The van der Waals surface area contributed by atoms with Crippen LogP contribution in [0.2, 0.25) is 5.02 Å². The fraction of sp³-hybridized carbons (Fsp3) is 0.364. The first-order chi connectivity index (χ1) is 7.79. The average Bonchev–Trinajstić information content (AvgIpc) is 2.31. The lowest BCUT2D eigenvalue weighted by molar-refractivity contribution is 0.415. The van der Waals surface area contributed by atoms with Crippen molar-refractivity contribution < 1.29 is 4.74 Å². The Morgan fingerprint density at radius 2 is 2.38 bits per heavy atom. The predicted molar refractivity (Wildman–Crippen MR) is 71.0 cm³/mol. The number of anilines is 1. The van der Waals surface area contributed by atoms with Crippen molar-refractivity contribution in [2.45, 2.75) is 6.42 Å². The Kier molecular flexibility index (Phi) is 3.96. The molecule has 0 spiro atoms. The summed E-state index contributed by atoms with van der Waals surface area (Å²) in [5.74, 6) is 1.81. The van der Waals surface area contributed by atoms with E-state index in [2.05, 4.69) is 10.3 Å². The first-order valence-corrected chi connectivity index (χ1v) is 6.44. The molecule has 0 unspecified atom stereocenters. The standard InChI is InChI=1S/C11H13ClN2OS/c1-15-10-4-3-8(7-9(10)12)14-11-13-5-2-6-16-11/h3-4,7H,2,5-6H2,1H3,(H,13,14). The Labute approximate surface area is 104 Å². The largest absolute Gasteiger partial charge is 0.495 e. The molecule has 2 rings (SSSR count). The van der Waals surface area contributed by atoms with Crippen molar-refractivity contribution in [2.75, 3.05) is 24.7 Å². The van der Waals surface area contributed by atoms with Gasteiger partial charge in [0.25, 0.3) is 0 Å². The van der Waals surface area contributed by atoms with E-state index in [-0.39, 0.29) is 0 Å². The molecule has 1 aromatic carbocycles. The van der Waals surface area contributed by atoms with Gasteiger partial charge in [0.05, 0.1) is 12.1 Å². The number of amidine groups is 1. The molecule has 1 aliphatic rings. The number of ether oxygens (including phenoxy) is 1. The number of rotatable bonds is 2. The molecule has 1 N–H and O–H groups in total. The molecule has 0 aliphatic carbocycles. The summed E-state index contributed by atoms with van der Waals surface area (Å²) >= 11 is 7.77. The first-order valence-electron chi connectivity index (χ1n) is 5.07. The van der Waals surface area contributed by atoms with Crippen molar-refractivity contribution in [3.05, 3.63) is 23.2 Å². The predicted octanol–water partition coefficient (Wildman–Crippen LogP) is 3.25. The van der Waals surface area contributed by atoms with Crippen molar-refractivity contribution in [1.29, 1.82) is 0 Å². The van der Waals surface area contributed by atoms with Gasteiger partial charge in [0, 0.05) is 18.0 Å². The molecular weight excluding hydrogens is 244 g/mol. The van der Waals surface area contributed by atoms with E-state index < -0.39 is 0 Å². The molecule has 3 nitrogen and oxygen atoms in total. The Hall–Kier alpha value is -0.870. The number of halogens is 1. The number of nitrogens with one attached hydrogen (secondary N) is 1. The minimum absolute atomic E-state index is 0.605. The van der Waals surface area contributed by atoms with Crippen LogP contribution >= 0.6 is 23.4 Å². The second-order valence-corrected chi connectivity index (χ2v) is 4.85. The zero-order chi connectivity index (χ0) is 11.4. The number of nitrogens with zero attached hydrogens (tertiary/aromatic N) is 1. The summed E-state index contributed by atoms with van der Waals surface area (Å²) < 4.78 is 5.09. The van der Waals surface area contributed by atoms with Crippen LogP contribution in [0, 0.1) is 0 Å². The molecule has 0 atom stereocenters. The molecule has 86 valence electrons. The van der Waals surface area contributed by atoms with Crippen LogP contribution < -0.4 is 10.1 Å². The van der Waals surface area contributed by atoms with Gasteiger partial charge >= 0.3 is 0 Å². The zero-order valence-corrected chi connectivity index (χ0v) is 10.6. The molecule has 0 radical (unpaired) electrons. The zero-order valence-electron chi connectivity index (χ0n) is 9.00. The van der Waals surface area contributed by atoms with Gasteiger partial charge in [-0.05, 0) is 24.6 Å². The Bertz CT molecular complexity index is 409. The van der Waals surface area contributed by atoms with Gasteiger partial charge in [-0.1, -0.05) is 23.4 Å². The van der Waals surface area contributed by atoms with E-state index in [4.69, 9.17) is 16.3 Å². The van der Waals surface area contributed by atoms with Gasteiger partial charge in [-0.2, -0.15) is 0 Å². The van der Waals surface area contributed by atoms with Crippen LogP contribution in [-0.2, 0) is 0 Å². The summed E-state index contributed by atoms with van der Waals surface area (Å²) in [6.45, 7) is 0.902. The van der Waals surface area contributed by atoms with Crippen molar-refractivity contribution >= 4 is 34.2 Å². The number of hydrogen-bond acceptors (Lipinski definition) is 4. The maximum absolute atomic E-state index is 6.04. The third-order valence-electron chi connectivity index (χ3n) is 2.20. The number of aliphatic imine (C=N–C) groups is 1. The maximum Gasteiger partial charge on any atom is 0.161 e. The smallest absolute Gasteiger partial charge is 0.161 e. The highest BCUT2D eigenvalue weighted by molar-refractivity contribution is 8.14. The van der Waals surface area contributed by atoms with Crippen LogP contribution in [0.1, 0.15) is 6.42 Å². The van der Waals surface area contributed by atoms with Crippen LogP contribution in [0.3, 0.4) is 0 Å². The van der Waals surface area contributed by atoms with Crippen LogP contribution in [0.15, 0.2) is 23.2 Å². The normalized spacial score (nSPS) is 15.5. The molecule has 5 heteroatoms. The molecule has 0 fully saturated rings. The molecule has 1 aliphatic heterocycles. The van der Waals surface area contributed by atoms with Crippen molar-refractivity contribution in [2.24, 2.45) is 4.99 Å². The second kappa shape index (κ2) is 5.46. The summed E-state index contributed by atoms with van der Waals surface area (Å²) in [6, 6.07) is 5.62. The lowest BCUT2D eigenvalue weighted by Gasteiger charge is -2.13. The van der Waals surface area contributed by atoms with Crippen LogP contribution in [0.25, 0.3) is 0 Å². The highest BCUT2D eigenvalue weighted by Crippen LogP contribution is 2.28. The molecule has 0 aromatic heterocycles. The summed E-state index contributed by atoms with van der Waals surface area (Å²) in [5, 5.41) is 4.82. The van der Waals surface area contributed by atoms with Gasteiger partial charge in [-0.3, -0.25) is 4.99 Å². The SMILES string of the molecule is COc1ccc(NC2=NCCCS2)cc1Cl. The molecule has 0 saturated carbocycles. The molecule has 0 bridgehead atoms. The van der Waals surface area contributed by atoms with Crippen LogP contribution in [-0.4, -0.2) is 24.6 Å². The van der Waals surface area contributed by atoms with E-state index in [0.29, 0.717) is 10.8 Å². The maximum atomic E-state index is 6.04. The highest BCUT2D eigenvalue weighted by atomic mass is 35.5. The lowest BCUT2D eigenvalue weighted by atomic mass is 10.3. The molecular formula is C11H13ClN2OS. The van der Waals surface area contributed by atoms with Crippen molar-refractivity contribution in [1.82, 2.24) is 0 Å². The average molecular weight is 257 g/mol. The highest BCUT2D eigenvalue weighted by Gasteiger charge is 2.07. The van der Waals surface area contributed by atoms with Gasteiger partial charge in [0.2, 0.25) is 0 Å².